The molecule has 2 N–H and O–H groups in total. The number of unbranched alkanes of at least 4 members (excludes halogenated alkanes) is 2. The summed E-state index contributed by atoms with van der Waals surface area (Å²) in [5.41, 5.74) is 1.26. The van der Waals surface area contributed by atoms with Crippen molar-refractivity contribution in [2.24, 2.45) is 0 Å². The van der Waals surface area contributed by atoms with Crippen LogP contribution in [0.3, 0.4) is 0 Å². The Labute approximate surface area is 304 Å². The van der Waals surface area contributed by atoms with E-state index in [-0.39, 0.29) is 58.0 Å². The fraction of sp³-hybridized carbons (Fsp3) is 0.351. The van der Waals surface area contributed by atoms with Gasteiger partial charge in [0, 0.05) is 46.0 Å². The number of carbonyl (C=O) groups is 4. The molecule has 4 rings (SSSR count). The summed E-state index contributed by atoms with van der Waals surface area (Å²) in [6.45, 7) is 6.32. The lowest BCUT2D eigenvalue weighted by atomic mass is 9.79. The number of benzene rings is 2. The number of carbonyl (C=O) groups excluding carboxylic acids is 4. The number of rotatable bonds is 14. The van der Waals surface area contributed by atoms with Gasteiger partial charge in [0.15, 0.2) is 0 Å². The first kappa shape index (κ1) is 39.5. The number of methoxy groups -OCH3 is 2. The summed E-state index contributed by atoms with van der Waals surface area (Å²) in [7, 11) is 2.35. The number of esters is 4. The van der Waals surface area contributed by atoms with Crippen LogP contribution in [0.1, 0.15) is 69.9 Å². The van der Waals surface area contributed by atoms with Gasteiger partial charge < -0.3 is 29.6 Å². The van der Waals surface area contributed by atoms with Gasteiger partial charge in [0.05, 0.1) is 71.4 Å². The molecule has 0 fully saturated rings. The van der Waals surface area contributed by atoms with Gasteiger partial charge in [-0.2, -0.15) is 0 Å². The van der Waals surface area contributed by atoms with Crippen LogP contribution in [0.15, 0.2) is 93.6 Å². The second-order valence-corrected chi connectivity index (χ2v) is 12.2. The molecule has 2 aromatic carbocycles. The van der Waals surface area contributed by atoms with Gasteiger partial charge in [-0.25, -0.2) is 19.2 Å². The average molecular weight is 733 g/mol. The van der Waals surface area contributed by atoms with Gasteiger partial charge in [-0.05, 0) is 47.0 Å². The fourth-order valence-electron chi connectivity index (χ4n) is 6.57. The number of dihydropyridines is 2. The van der Waals surface area contributed by atoms with E-state index in [9.17, 15) is 39.4 Å². The molecule has 0 saturated heterocycles. The molecular formula is C37H40N4O12. The summed E-state index contributed by atoms with van der Waals surface area (Å²) < 4.78 is 21.1. The predicted octanol–water partition coefficient (Wildman–Crippen LogP) is 5.28. The zero-order valence-corrected chi connectivity index (χ0v) is 30.1. The maximum Gasteiger partial charge on any atom is 0.336 e. The smallest absolute Gasteiger partial charge is 0.336 e. The van der Waals surface area contributed by atoms with E-state index in [2.05, 4.69) is 10.6 Å². The van der Waals surface area contributed by atoms with Crippen molar-refractivity contribution in [3.63, 3.8) is 0 Å². The maximum atomic E-state index is 13.5. The number of nitrogens with zero attached hydrogens (tertiary/aromatic N) is 2. The first-order valence-electron chi connectivity index (χ1n) is 16.6. The van der Waals surface area contributed by atoms with Crippen LogP contribution in [0.2, 0.25) is 0 Å². The highest BCUT2D eigenvalue weighted by molar-refractivity contribution is 6.01. The zero-order valence-electron chi connectivity index (χ0n) is 30.1. The molecule has 53 heavy (non-hydrogen) atoms. The number of ether oxygens (including phenoxy) is 4. The van der Waals surface area contributed by atoms with Crippen molar-refractivity contribution >= 4 is 35.3 Å². The van der Waals surface area contributed by atoms with Gasteiger partial charge in [0.25, 0.3) is 11.4 Å². The van der Waals surface area contributed by atoms with Crippen LogP contribution in [-0.4, -0.2) is 61.2 Å². The monoisotopic (exact) mass is 732 g/mol. The number of nitrogens with one attached hydrogen (secondary N) is 2. The molecule has 2 atom stereocenters. The third-order valence-electron chi connectivity index (χ3n) is 8.92. The minimum absolute atomic E-state index is 0.0211. The van der Waals surface area contributed by atoms with Crippen molar-refractivity contribution in [1.82, 2.24) is 10.6 Å². The minimum atomic E-state index is -1.14. The molecule has 0 amide bonds. The Hall–Kier alpha value is -6.32. The van der Waals surface area contributed by atoms with Crippen molar-refractivity contribution < 1.29 is 48.0 Å². The normalized spacial score (nSPS) is 17.1. The van der Waals surface area contributed by atoms with Crippen LogP contribution < -0.4 is 10.6 Å². The van der Waals surface area contributed by atoms with E-state index in [4.69, 9.17) is 18.9 Å². The lowest BCUT2D eigenvalue weighted by Gasteiger charge is -2.30. The van der Waals surface area contributed by atoms with E-state index in [0.717, 1.165) is 0 Å². The van der Waals surface area contributed by atoms with Crippen molar-refractivity contribution in [3.8, 4) is 0 Å². The van der Waals surface area contributed by atoms with Crippen LogP contribution in [0.5, 0.6) is 0 Å². The van der Waals surface area contributed by atoms with E-state index in [0.29, 0.717) is 42.1 Å². The molecule has 0 spiro atoms. The van der Waals surface area contributed by atoms with Crippen LogP contribution in [-0.2, 0) is 38.1 Å². The molecule has 0 bridgehead atoms. The lowest BCUT2D eigenvalue weighted by molar-refractivity contribution is -0.385. The van der Waals surface area contributed by atoms with Crippen molar-refractivity contribution in [3.05, 3.63) is 125 Å². The molecule has 2 unspecified atom stereocenters. The topological polar surface area (TPSA) is 216 Å². The van der Waals surface area contributed by atoms with Crippen molar-refractivity contribution in [1.29, 1.82) is 0 Å². The highest BCUT2D eigenvalue weighted by atomic mass is 16.6. The molecule has 16 nitrogen and oxygen atoms in total. The maximum absolute atomic E-state index is 13.5. The van der Waals surface area contributed by atoms with Gasteiger partial charge in [-0.3, -0.25) is 20.2 Å². The Balaban J connectivity index is 1.43. The van der Waals surface area contributed by atoms with E-state index in [1.807, 2.05) is 0 Å². The van der Waals surface area contributed by atoms with Crippen LogP contribution in [0.25, 0.3) is 0 Å². The molecule has 0 aromatic heterocycles. The molecule has 280 valence electrons. The fourth-order valence-corrected chi connectivity index (χ4v) is 6.57. The quantitative estimate of drug-likeness (QED) is 0.0832. The van der Waals surface area contributed by atoms with E-state index in [1.54, 1.807) is 39.8 Å². The van der Waals surface area contributed by atoms with Crippen LogP contribution in [0.4, 0.5) is 11.4 Å². The molecule has 2 aliphatic rings. The third-order valence-corrected chi connectivity index (χ3v) is 8.92. The number of para-hydroxylation sites is 2. The number of hydrogen-bond donors (Lipinski definition) is 2. The molecule has 2 heterocycles. The van der Waals surface area contributed by atoms with Gasteiger partial charge in [-0.1, -0.05) is 36.4 Å². The van der Waals surface area contributed by atoms with Crippen molar-refractivity contribution in [2.75, 3.05) is 27.4 Å². The predicted molar refractivity (Wildman–Crippen MR) is 189 cm³/mol. The highest BCUT2D eigenvalue weighted by Gasteiger charge is 2.42. The van der Waals surface area contributed by atoms with E-state index >= 15 is 0 Å². The van der Waals surface area contributed by atoms with Gasteiger partial charge in [0.2, 0.25) is 0 Å². The average Bonchev–Trinajstić information content (AvgIpc) is 3.12. The summed E-state index contributed by atoms with van der Waals surface area (Å²) in [5, 5.41) is 29.8. The van der Waals surface area contributed by atoms with Crippen LogP contribution >= 0.6 is 0 Å². The van der Waals surface area contributed by atoms with Gasteiger partial charge in [0.1, 0.15) is 0 Å². The second-order valence-electron chi connectivity index (χ2n) is 12.2. The zero-order chi connectivity index (χ0) is 39.0. The molecular weight excluding hydrogens is 692 g/mol. The van der Waals surface area contributed by atoms with Crippen molar-refractivity contribution in [2.45, 2.75) is 58.8 Å². The first-order valence-corrected chi connectivity index (χ1v) is 16.6. The summed E-state index contributed by atoms with van der Waals surface area (Å²) >= 11 is 0. The highest BCUT2D eigenvalue weighted by Crippen LogP contribution is 2.44. The van der Waals surface area contributed by atoms with Crippen LogP contribution in [0, 0.1) is 20.2 Å². The SMILES string of the molecule is COC(=O)C1=C(C)NC(C)=C(C(=O)OCCCCCOC(=O)C2=C(C)NC(C)=C(C(=O)OC)C2c2ccccc2[N+](=O)[O-])C1c1ccccc1[N+](=O)[O-]. The molecule has 0 saturated carbocycles. The third kappa shape index (κ3) is 8.43. The number of nitro benzene ring substituents is 2. The molecule has 0 aliphatic carbocycles. The Morgan fingerprint density at radius 3 is 1.21 bits per heavy atom. The molecule has 0 radical (unpaired) electrons. The van der Waals surface area contributed by atoms with E-state index < -0.39 is 45.6 Å². The Bertz CT molecular complexity index is 1840. The van der Waals surface area contributed by atoms with Gasteiger partial charge in [-0.15, -0.1) is 0 Å². The Kier molecular flexibility index (Phi) is 12.9. The Morgan fingerprint density at radius 2 is 0.887 bits per heavy atom. The summed E-state index contributed by atoms with van der Waals surface area (Å²) in [6, 6.07) is 11.6. The van der Waals surface area contributed by atoms with Gasteiger partial charge >= 0.3 is 23.9 Å². The molecule has 2 aliphatic heterocycles. The summed E-state index contributed by atoms with van der Waals surface area (Å²) in [6.07, 6.45) is 1.16. The molecule has 2 aromatic rings. The number of allylic oxidation sites excluding steroid dienone is 4. The second kappa shape index (κ2) is 17.3. The summed E-state index contributed by atoms with van der Waals surface area (Å²) in [4.78, 5) is 75.5. The lowest BCUT2D eigenvalue weighted by Crippen LogP contribution is -2.32. The molecule has 16 heteroatoms. The standard InChI is InChI=1S/C37H40N4O12/c1-20-28(34(42)50-5)32(24-14-8-10-16-26(24)40(46)47)30(22(3)38-20)36(44)52-18-12-7-13-19-53-37(45)31-23(4)39-21(2)29(35(43)51-6)33(31)25-15-9-11-17-27(25)41(48)49/h8-11,14-17,32-33,38-39H,7,12-13,18-19H2,1-6H3. The number of nitro groups is 2. The largest absolute Gasteiger partial charge is 0.466 e. The number of hydrogen-bond acceptors (Lipinski definition) is 14. The first-order chi connectivity index (χ1) is 25.2. The van der Waals surface area contributed by atoms with E-state index in [1.165, 1.54) is 50.6 Å². The Morgan fingerprint density at radius 1 is 0.566 bits per heavy atom. The summed E-state index contributed by atoms with van der Waals surface area (Å²) in [5.74, 6) is -5.36. The minimum Gasteiger partial charge on any atom is -0.466 e.